The number of fused-ring (bicyclic) bond motifs is 1. The molecule has 1 aliphatic rings. The molecule has 5 rings (SSSR count). The maximum atomic E-state index is 14.4. The van der Waals surface area contributed by atoms with Gasteiger partial charge in [-0.05, 0) is 79.4 Å². The molecule has 4 aromatic rings. The minimum atomic E-state index is -0.421. The minimum absolute atomic E-state index is 0.201. The maximum Gasteiger partial charge on any atom is 0.317 e. The Morgan fingerprint density at radius 2 is 1.69 bits per heavy atom. The predicted molar refractivity (Wildman–Crippen MR) is 133 cm³/mol. The van der Waals surface area contributed by atoms with E-state index in [9.17, 15) is 9.65 Å². The van der Waals surface area contributed by atoms with E-state index < -0.39 is 5.82 Å². The minimum Gasteiger partial charge on any atom is -0.494 e. The molecule has 176 valence electrons. The van der Waals surface area contributed by atoms with Gasteiger partial charge in [0.05, 0.1) is 36.6 Å². The van der Waals surface area contributed by atoms with E-state index in [1.807, 2.05) is 36.4 Å². The number of nitrogens with one attached hydrogen (secondary N) is 1. The van der Waals surface area contributed by atoms with Crippen molar-refractivity contribution < 1.29 is 13.9 Å². The summed E-state index contributed by atoms with van der Waals surface area (Å²) in [6.45, 7) is 2.57. The van der Waals surface area contributed by atoms with Crippen molar-refractivity contribution in [3.63, 3.8) is 0 Å². The first-order chi connectivity index (χ1) is 17.1. The molecule has 0 spiro atoms. The number of halogens is 1. The third kappa shape index (κ3) is 4.93. The number of methoxy groups -OCH3 is 1. The third-order valence-electron chi connectivity index (χ3n) is 6.35. The van der Waals surface area contributed by atoms with Crippen molar-refractivity contribution in [1.82, 2.24) is 15.3 Å². The van der Waals surface area contributed by atoms with Crippen LogP contribution in [0.2, 0.25) is 0 Å². The normalized spacial score (nSPS) is 14.0. The monoisotopic (exact) mass is 468 g/mol. The second-order valence-corrected chi connectivity index (χ2v) is 8.63. The lowest BCUT2D eigenvalue weighted by molar-refractivity contribution is 0.203. The number of nitriles is 1. The lowest BCUT2D eigenvalue weighted by atomic mass is 9.99. The molecule has 0 bridgehead atoms. The van der Waals surface area contributed by atoms with Crippen LogP contribution in [0.5, 0.6) is 11.8 Å². The van der Waals surface area contributed by atoms with Gasteiger partial charge in [0.15, 0.2) is 11.6 Å². The van der Waals surface area contributed by atoms with Crippen LogP contribution in [-0.4, -0.2) is 36.8 Å². The van der Waals surface area contributed by atoms with E-state index in [1.54, 1.807) is 18.2 Å². The van der Waals surface area contributed by atoms with Crippen LogP contribution in [0.1, 0.15) is 18.4 Å². The number of benzene rings is 3. The summed E-state index contributed by atoms with van der Waals surface area (Å²) in [7, 11) is 1.44. The van der Waals surface area contributed by atoms with Crippen molar-refractivity contribution in [1.29, 1.82) is 5.26 Å². The van der Waals surface area contributed by atoms with Crippen LogP contribution in [0, 0.1) is 23.1 Å². The molecule has 1 saturated heterocycles. The van der Waals surface area contributed by atoms with Gasteiger partial charge in [-0.25, -0.2) is 4.39 Å². The average Bonchev–Trinajstić information content (AvgIpc) is 2.91. The summed E-state index contributed by atoms with van der Waals surface area (Å²) < 4.78 is 25.5. The van der Waals surface area contributed by atoms with Crippen LogP contribution in [0.3, 0.4) is 0 Å². The van der Waals surface area contributed by atoms with Crippen LogP contribution < -0.4 is 14.8 Å². The van der Waals surface area contributed by atoms with E-state index in [1.165, 1.54) is 13.2 Å². The fourth-order valence-corrected chi connectivity index (χ4v) is 4.36. The molecule has 1 aromatic heterocycles. The Kier molecular flexibility index (Phi) is 6.55. The first-order valence-electron chi connectivity index (χ1n) is 11.6. The first-order valence-corrected chi connectivity index (χ1v) is 11.6. The highest BCUT2D eigenvalue weighted by Crippen LogP contribution is 2.33. The van der Waals surface area contributed by atoms with Gasteiger partial charge >= 0.3 is 6.01 Å². The number of rotatable bonds is 6. The molecular formula is C28H25FN4O2. The second-order valence-electron chi connectivity index (χ2n) is 8.63. The van der Waals surface area contributed by atoms with Crippen molar-refractivity contribution in [3.8, 4) is 40.2 Å². The van der Waals surface area contributed by atoms with Gasteiger partial charge in [-0.3, -0.25) is 0 Å². The quantitative estimate of drug-likeness (QED) is 0.410. The molecule has 2 heterocycles. The van der Waals surface area contributed by atoms with E-state index in [-0.39, 0.29) is 5.75 Å². The standard InChI is InChI=1S/C28H25FN4O2/c1-34-26-9-7-22(15-24(26)29)21-6-8-25-23(14-21)27(20-4-2-18(16-30)3-5-20)33-28(32-25)35-17-19-10-12-31-13-11-19/h2-9,14-15,19,31H,10-13,17H2,1H3. The van der Waals surface area contributed by atoms with E-state index in [0.29, 0.717) is 29.8 Å². The topological polar surface area (TPSA) is 80.1 Å². The smallest absolute Gasteiger partial charge is 0.317 e. The Morgan fingerprint density at radius 1 is 0.971 bits per heavy atom. The summed E-state index contributed by atoms with van der Waals surface area (Å²) in [5.74, 6) is 0.253. The fraction of sp³-hybridized carbons (Fsp3) is 0.250. The molecule has 7 heteroatoms. The summed E-state index contributed by atoms with van der Waals surface area (Å²) in [6, 6.07) is 20.4. The molecule has 0 amide bonds. The molecule has 0 radical (unpaired) electrons. The summed E-state index contributed by atoms with van der Waals surface area (Å²) >= 11 is 0. The zero-order valence-corrected chi connectivity index (χ0v) is 19.4. The first kappa shape index (κ1) is 22.8. The summed E-state index contributed by atoms with van der Waals surface area (Å²) in [4.78, 5) is 9.43. The SMILES string of the molecule is COc1ccc(-c2ccc3nc(OCC4CCNCC4)nc(-c4ccc(C#N)cc4)c3c2)cc1F. The van der Waals surface area contributed by atoms with Crippen LogP contribution in [0.25, 0.3) is 33.3 Å². The van der Waals surface area contributed by atoms with Gasteiger partial charge in [-0.15, -0.1) is 0 Å². The molecular weight excluding hydrogens is 443 g/mol. The van der Waals surface area contributed by atoms with Gasteiger partial charge in [0, 0.05) is 10.9 Å². The van der Waals surface area contributed by atoms with Crippen LogP contribution in [0.15, 0.2) is 60.7 Å². The zero-order valence-electron chi connectivity index (χ0n) is 19.4. The summed E-state index contributed by atoms with van der Waals surface area (Å²) in [5, 5.41) is 13.4. The van der Waals surface area contributed by atoms with Crippen LogP contribution in [-0.2, 0) is 0 Å². The Labute approximate surface area is 203 Å². The molecule has 1 aliphatic heterocycles. The molecule has 1 fully saturated rings. The predicted octanol–water partition coefficient (Wildman–Crippen LogP) is 5.36. The zero-order chi connectivity index (χ0) is 24.2. The van der Waals surface area contributed by atoms with Gasteiger partial charge in [0.25, 0.3) is 0 Å². The van der Waals surface area contributed by atoms with Crippen LogP contribution >= 0.6 is 0 Å². The van der Waals surface area contributed by atoms with Gasteiger partial charge in [-0.1, -0.05) is 24.3 Å². The number of hydrogen-bond donors (Lipinski definition) is 1. The Morgan fingerprint density at radius 3 is 2.40 bits per heavy atom. The Bertz CT molecular complexity index is 1390. The average molecular weight is 469 g/mol. The number of ether oxygens (including phenoxy) is 2. The molecule has 3 aromatic carbocycles. The Balaban J connectivity index is 1.56. The van der Waals surface area contributed by atoms with Crippen molar-refractivity contribution >= 4 is 10.9 Å². The largest absolute Gasteiger partial charge is 0.494 e. The Hall–Kier alpha value is -4.02. The van der Waals surface area contributed by atoms with Gasteiger partial charge in [-0.2, -0.15) is 15.2 Å². The fourth-order valence-electron chi connectivity index (χ4n) is 4.36. The highest BCUT2D eigenvalue weighted by molar-refractivity contribution is 5.95. The number of hydrogen-bond acceptors (Lipinski definition) is 6. The highest BCUT2D eigenvalue weighted by Gasteiger charge is 2.17. The van der Waals surface area contributed by atoms with Gasteiger partial charge in [0.2, 0.25) is 0 Å². The molecule has 1 N–H and O–H groups in total. The van der Waals surface area contributed by atoms with Gasteiger partial charge in [0.1, 0.15) is 0 Å². The number of aromatic nitrogens is 2. The lowest BCUT2D eigenvalue weighted by Crippen LogP contribution is -2.30. The maximum absolute atomic E-state index is 14.4. The van der Waals surface area contributed by atoms with Crippen molar-refractivity contribution in [2.24, 2.45) is 5.92 Å². The van der Waals surface area contributed by atoms with E-state index >= 15 is 0 Å². The van der Waals surface area contributed by atoms with Gasteiger partial charge < -0.3 is 14.8 Å². The molecule has 0 unspecified atom stereocenters. The van der Waals surface area contributed by atoms with E-state index in [2.05, 4.69) is 16.4 Å². The van der Waals surface area contributed by atoms with E-state index in [4.69, 9.17) is 14.5 Å². The molecule has 6 nitrogen and oxygen atoms in total. The number of piperidine rings is 1. The summed E-state index contributed by atoms with van der Waals surface area (Å²) in [5.41, 5.74) is 4.42. The van der Waals surface area contributed by atoms with Crippen molar-refractivity contribution in [2.75, 3.05) is 26.8 Å². The number of nitrogens with zero attached hydrogens (tertiary/aromatic N) is 3. The lowest BCUT2D eigenvalue weighted by Gasteiger charge is -2.22. The molecule has 35 heavy (non-hydrogen) atoms. The summed E-state index contributed by atoms with van der Waals surface area (Å²) in [6.07, 6.45) is 2.13. The van der Waals surface area contributed by atoms with E-state index in [0.717, 1.165) is 53.5 Å². The highest BCUT2D eigenvalue weighted by atomic mass is 19.1. The molecule has 0 aliphatic carbocycles. The molecule has 0 saturated carbocycles. The molecule has 0 atom stereocenters. The van der Waals surface area contributed by atoms with Crippen molar-refractivity contribution in [3.05, 3.63) is 72.0 Å². The van der Waals surface area contributed by atoms with Crippen LogP contribution in [0.4, 0.5) is 4.39 Å². The second kappa shape index (κ2) is 10.1. The van der Waals surface area contributed by atoms with Crippen molar-refractivity contribution in [2.45, 2.75) is 12.8 Å². The third-order valence-corrected chi connectivity index (χ3v) is 6.35.